The molecule has 0 aliphatic carbocycles. The summed E-state index contributed by atoms with van der Waals surface area (Å²) in [6.45, 7) is 5.30. The Hall–Kier alpha value is -2.24. The van der Waals surface area contributed by atoms with E-state index in [1.54, 1.807) is 0 Å². The largest absolute Gasteiger partial charge is 0.313 e. The van der Waals surface area contributed by atoms with Gasteiger partial charge in [-0.1, -0.05) is 24.3 Å². The zero-order valence-electron chi connectivity index (χ0n) is 18.4. The highest BCUT2D eigenvalue weighted by Gasteiger charge is 2.36. The molecule has 164 valence electrons. The quantitative estimate of drug-likeness (QED) is 0.778. The van der Waals surface area contributed by atoms with E-state index in [4.69, 9.17) is 0 Å². The highest BCUT2D eigenvalue weighted by molar-refractivity contribution is 5.94. The van der Waals surface area contributed by atoms with Crippen LogP contribution in [-0.4, -0.2) is 48.0 Å². The number of aromatic nitrogens is 1. The van der Waals surface area contributed by atoms with E-state index in [0.29, 0.717) is 24.3 Å². The number of amides is 1. The number of para-hydroxylation sites is 1. The number of fused-ring (bicyclic) bond motifs is 3. The van der Waals surface area contributed by atoms with Gasteiger partial charge in [-0.15, -0.1) is 0 Å². The van der Waals surface area contributed by atoms with E-state index in [0.717, 1.165) is 63.5 Å². The molecule has 2 bridgehead atoms. The van der Waals surface area contributed by atoms with Crippen molar-refractivity contribution < 1.29 is 4.79 Å². The number of benzene rings is 1. The molecule has 0 unspecified atom stereocenters. The molecule has 5 nitrogen and oxygen atoms in total. The summed E-state index contributed by atoms with van der Waals surface area (Å²) < 4.78 is 0. The van der Waals surface area contributed by atoms with Gasteiger partial charge in [-0.2, -0.15) is 0 Å². The van der Waals surface area contributed by atoms with Crippen LogP contribution in [0.2, 0.25) is 0 Å². The van der Waals surface area contributed by atoms with E-state index in [9.17, 15) is 4.79 Å². The van der Waals surface area contributed by atoms with E-state index < -0.39 is 0 Å². The lowest BCUT2D eigenvalue weighted by atomic mass is 9.79. The lowest BCUT2D eigenvalue weighted by Gasteiger charge is -2.46. The standard InChI is InChI=1S/C26H34N4O/c31-26(30-13-5-8-22-7-1-2-10-25(22)30)11-3-9-24-23-14-21(16-28-24)18-29(19-23)17-20-6-4-12-27-15-20/h1-2,4,6-7,10,12,15,21,23-24,28H,3,5,8-9,11,13-14,16-19H2/t21-,23+,24+/m0/s1. The maximum atomic E-state index is 13.0. The van der Waals surface area contributed by atoms with Gasteiger partial charge in [-0.05, 0) is 73.7 Å². The number of nitrogens with one attached hydrogen (secondary N) is 1. The number of carbonyl (C=O) groups is 1. The molecule has 1 aromatic carbocycles. The van der Waals surface area contributed by atoms with Crippen molar-refractivity contribution in [3.8, 4) is 0 Å². The van der Waals surface area contributed by atoms with E-state index in [1.807, 2.05) is 29.4 Å². The second-order valence-corrected chi connectivity index (χ2v) is 9.60. The van der Waals surface area contributed by atoms with E-state index >= 15 is 0 Å². The molecule has 1 aromatic heterocycles. The topological polar surface area (TPSA) is 48.5 Å². The molecule has 3 aliphatic heterocycles. The summed E-state index contributed by atoms with van der Waals surface area (Å²) in [5.74, 6) is 1.73. The van der Waals surface area contributed by atoms with Gasteiger partial charge < -0.3 is 10.2 Å². The Kier molecular flexibility index (Phi) is 6.32. The Morgan fingerprint density at radius 2 is 2.10 bits per heavy atom. The van der Waals surface area contributed by atoms with Crippen LogP contribution in [0.25, 0.3) is 0 Å². The molecule has 31 heavy (non-hydrogen) atoms. The van der Waals surface area contributed by atoms with Gasteiger partial charge in [0.25, 0.3) is 0 Å². The molecule has 0 radical (unpaired) electrons. The van der Waals surface area contributed by atoms with Crippen LogP contribution in [0.5, 0.6) is 0 Å². The molecular formula is C26H34N4O. The lowest BCUT2D eigenvalue weighted by Crippen LogP contribution is -2.55. The number of anilines is 1. The Morgan fingerprint density at radius 3 is 3.00 bits per heavy atom. The van der Waals surface area contributed by atoms with E-state index in [1.165, 1.54) is 24.1 Å². The summed E-state index contributed by atoms with van der Waals surface area (Å²) in [4.78, 5) is 21.9. The number of carbonyl (C=O) groups excluding carboxylic acids is 1. The molecule has 4 heterocycles. The van der Waals surface area contributed by atoms with Gasteiger partial charge in [0.2, 0.25) is 5.91 Å². The van der Waals surface area contributed by atoms with Gasteiger partial charge in [-0.25, -0.2) is 0 Å². The van der Waals surface area contributed by atoms with Crippen molar-refractivity contribution in [3.05, 3.63) is 59.9 Å². The van der Waals surface area contributed by atoms with Crippen molar-refractivity contribution in [2.75, 3.05) is 31.1 Å². The average molecular weight is 419 g/mol. The third-order valence-corrected chi connectivity index (χ3v) is 7.33. The Balaban J connectivity index is 1.13. The van der Waals surface area contributed by atoms with Crippen molar-refractivity contribution in [1.29, 1.82) is 0 Å². The zero-order chi connectivity index (χ0) is 21.0. The molecule has 2 saturated heterocycles. The van der Waals surface area contributed by atoms with Gasteiger partial charge >= 0.3 is 0 Å². The second-order valence-electron chi connectivity index (χ2n) is 9.60. The Morgan fingerprint density at radius 1 is 1.16 bits per heavy atom. The second kappa shape index (κ2) is 9.49. The number of nitrogens with zero attached hydrogens (tertiary/aromatic N) is 3. The molecule has 5 rings (SSSR count). The number of hydrogen-bond donors (Lipinski definition) is 1. The van der Waals surface area contributed by atoms with Crippen LogP contribution in [-0.2, 0) is 17.8 Å². The first-order chi connectivity index (χ1) is 15.3. The summed E-state index contributed by atoms with van der Waals surface area (Å²) in [6.07, 6.45) is 10.0. The molecular weight excluding hydrogens is 384 g/mol. The highest BCUT2D eigenvalue weighted by Crippen LogP contribution is 2.32. The molecule has 1 N–H and O–H groups in total. The molecule has 1 amide bonds. The minimum absolute atomic E-state index is 0.294. The predicted octanol–water partition coefficient (Wildman–Crippen LogP) is 3.64. The fourth-order valence-electron chi connectivity index (χ4n) is 5.89. The van der Waals surface area contributed by atoms with Crippen LogP contribution in [0, 0.1) is 11.8 Å². The SMILES string of the molecule is O=C(CCC[C@H]1NC[C@@H]2C[C@@H]1CN(Cc1cccnc1)C2)N1CCCc2ccccc21. The van der Waals surface area contributed by atoms with E-state index in [-0.39, 0.29) is 0 Å². The average Bonchev–Trinajstić information content (AvgIpc) is 2.81. The third-order valence-electron chi connectivity index (χ3n) is 7.33. The summed E-state index contributed by atoms with van der Waals surface area (Å²) in [6, 6.07) is 13.1. The van der Waals surface area contributed by atoms with Gasteiger partial charge in [0.1, 0.15) is 0 Å². The van der Waals surface area contributed by atoms with Crippen LogP contribution < -0.4 is 10.2 Å². The zero-order valence-corrected chi connectivity index (χ0v) is 18.4. The fraction of sp³-hybridized carbons (Fsp3) is 0.538. The molecule has 5 heteroatoms. The maximum Gasteiger partial charge on any atom is 0.226 e. The minimum atomic E-state index is 0.294. The van der Waals surface area contributed by atoms with Gasteiger partial charge in [-0.3, -0.25) is 14.7 Å². The minimum Gasteiger partial charge on any atom is -0.313 e. The highest BCUT2D eigenvalue weighted by atomic mass is 16.2. The summed E-state index contributed by atoms with van der Waals surface area (Å²) in [5, 5.41) is 3.81. The summed E-state index contributed by atoms with van der Waals surface area (Å²) in [7, 11) is 0. The molecule has 2 fully saturated rings. The Bertz CT molecular complexity index is 886. The first-order valence-corrected chi connectivity index (χ1v) is 12.0. The predicted molar refractivity (Wildman–Crippen MR) is 124 cm³/mol. The lowest BCUT2D eigenvalue weighted by molar-refractivity contribution is -0.118. The monoisotopic (exact) mass is 418 g/mol. The van der Waals surface area contributed by atoms with Gasteiger partial charge in [0.05, 0.1) is 0 Å². The summed E-state index contributed by atoms with van der Waals surface area (Å²) >= 11 is 0. The molecule has 3 atom stereocenters. The van der Waals surface area contributed by atoms with Crippen LogP contribution >= 0.6 is 0 Å². The number of aryl methyl sites for hydroxylation is 1. The van der Waals surface area contributed by atoms with Crippen LogP contribution in [0.3, 0.4) is 0 Å². The Labute approximate surface area is 185 Å². The number of pyridine rings is 1. The molecule has 3 aliphatic rings. The number of piperidine rings is 2. The van der Waals surface area contributed by atoms with Crippen molar-refractivity contribution in [2.45, 2.75) is 51.1 Å². The smallest absolute Gasteiger partial charge is 0.226 e. The fourth-order valence-corrected chi connectivity index (χ4v) is 5.89. The number of hydrogen-bond acceptors (Lipinski definition) is 4. The van der Waals surface area contributed by atoms with Gasteiger partial charge in [0.15, 0.2) is 0 Å². The third kappa shape index (κ3) is 4.83. The van der Waals surface area contributed by atoms with Crippen molar-refractivity contribution >= 4 is 11.6 Å². The molecule has 0 saturated carbocycles. The molecule has 0 spiro atoms. The van der Waals surface area contributed by atoms with Crippen molar-refractivity contribution in [3.63, 3.8) is 0 Å². The first kappa shape index (κ1) is 20.7. The van der Waals surface area contributed by atoms with Crippen molar-refractivity contribution in [1.82, 2.24) is 15.2 Å². The van der Waals surface area contributed by atoms with Crippen molar-refractivity contribution in [2.24, 2.45) is 11.8 Å². The van der Waals surface area contributed by atoms with Crippen LogP contribution in [0.15, 0.2) is 48.8 Å². The van der Waals surface area contributed by atoms with Crippen LogP contribution in [0.4, 0.5) is 5.69 Å². The number of rotatable bonds is 6. The molecule has 2 aromatic rings. The first-order valence-electron chi connectivity index (χ1n) is 12.0. The number of likely N-dealkylation sites (tertiary alicyclic amines) is 1. The van der Waals surface area contributed by atoms with E-state index in [2.05, 4.69) is 39.5 Å². The maximum absolute atomic E-state index is 13.0. The van der Waals surface area contributed by atoms with Crippen LogP contribution in [0.1, 0.15) is 43.2 Å². The normalized spacial score (nSPS) is 25.8. The van der Waals surface area contributed by atoms with Gasteiger partial charge in [0, 0.05) is 56.7 Å². The summed E-state index contributed by atoms with van der Waals surface area (Å²) in [5.41, 5.74) is 3.76.